The molecule has 1 saturated carbocycles. The minimum atomic E-state index is 0.640. The quantitative estimate of drug-likeness (QED) is 0.865. The van der Waals surface area contributed by atoms with Crippen molar-refractivity contribution in [3.63, 3.8) is 0 Å². The van der Waals surface area contributed by atoms with Crippen LogP contribution in [-0.4, -0.2) is 20.7 Å². The summed E-state index contributed by atoms with van der Waals surface area (Å²) >= 11 is 1.47. The highest BCUT2D eigenvalue weighted by molar-refractivity contribution is 7.10. The van der Waals surface area contributed by atoms with Gasteiger partial charge >= 0.3 is 0 Å². The number of hydrogen-bond acceptors (Lipinski definition) is 5. The van der Waals surface area contributed by atoms with E-state index in [1.165, 1.54) is 29.9 Å². The smallest absolute Gasteiger partial charge is 0.142 e. The second-order valence-corrected chi connectivity index (χ2v) is 5.52. The molecule has 0 atom stereocenters. The van der Waals surface area contributed by atoms with E-state index in [-0.39, 0.29) is 0 Å². The van der Waals surface area contributed by atoms with Crippen LogP contribution in [0, 0.1) is 0 Å². The van der Waals surface area contributed by atoms with Gasteiger partial charge in [0.05, 0.1) is 5.69 Å². The summed E-state index contributed by atoms with van der Waals surface area (Å²) in [5.41, 5.74) is 8.26. The molecule has 0 unspecified atom stereocenters. The Labute approximate surface area is 110 Å². The largest absolute Gasteiger partial charge is 0.383 e. The number of rotatable bonds is 5. The van der Waals surface area contributed by atoms with Crippen molar-refractivity contribution in [2.45, 2.75) is 25.2 Å². The second kappa shape index (κ2) is 4.61. The fraction of sp³-hybridized carbons (Fsp3) is 0.500. The zero-order chi connectivity index (χ0) is 12.5. The van der Waals surface area contributed by atoms with Crippen LogP contribution in [0.25, 0.3) is 0 Å². The lowest BCUT2D eigenvalue weighted by atomic mass is 10.2. The summed E-state index contributed by atoms with van der Waals surface area (Å²) in [5.74, 6) is 1.35. The predicted molar refractivity (Wildman–Crippen MR) is 73.9 cm³/mol. The molecule has 96 valence electrons. The normalized spacial score (nSPS) is 14.9. The first-order valence-corrected chi connectivity index (χ1v) is 6.99. The average molecular weight is 263 g/mol. The standard InChI is InChI=1S/C12H17N5S/c1-17-7-5-9(15-17)4-6-14-12-10(8-2-3-8)11(13)16-18-12/h5,7-8,14H,2-4,6H2,1H3,(H2,13,16). The SMILES string of the molecule is Cn1ccc(CCNc2snc(N)c2C2CC2)n1. The molecule has 5 nitrogen and oxygen atoms in total. The number of nitrogens with two attached hydrogens (primary N) is 1. The maximum Gasteiger partial charge on any atom is 0.142 e. The zero-order valence-electron chi connectivity index (χ0n) is 10.4. The zero-order valence-corrected chi connectivity index (χ0v) is 11.2. The molecule has 0 aliphatic heterocycles. The van der Waals surface area contributed by atoms with E-state index in [0.29, 0.717) is 11.7 Å². The Bertz CT molecular complexity index is 540. The molecule has 0 bridgehead atoms. The molecule has 2 aromatic heterocycles. The van der Waals surface area contributed by atoms with Gasteiger partial charge in [-0.1, -0.05) is 0 Å². The molecule has 0 radical (unpaired) electrons. The highest BCUT2D eigenvalue weighted by Crippen LogP contribution is 2.47. The molecule has 0 amide bonds. The summed E-state index contributed by atoms with van der Waals surface area (Å²) in [6.07, 6.45) is 5.38. The monoisotopic (exact) mass is 263 g/mol. The molecule has 2 heterocycles. The lowest BCUT2D eigenvalue weighted by Gasteiger charge is -2.05. The molecule has 18 heavy (non-hydrogen) atoms. The third kappa shape index (κ3) is 2.33. The lowest BCUT2D eigenvalue weighted by Crippen LogP contribution is -2.06. The minimum Gasteiger partial charge on any atom is -0.383 e. The maximum absolute atomic E-state index is 5.91. The van der Waals surface area contributed by atoms with Crippen molar-refractivity contribution < 1.29 is 0 Å². The number of nitrogens with zero attached hydrogens (tertiary/aromatic N) is 3. The molecule has 1 aliphatic carbocycles. The number of nitrogens with one attached hydrogen (secondary N) is 1. The summed E-state index contributed by atoms with van der Waals surface area (Å²) < 4.78 is 6.07. The first-order chi connectivity index (χ1) is 8.74. The highest BCUT2D eigenvalue weighted by Gasteiger charge is 2.30. The van der Waals surface area contributed by atoms with E-state index in [1.54, 1.807) is 0 Å². The van der Waals surface area contributed by atoms with Crippen LogP contribution in [0.2, 0.25) is 0 Å². The van der Waals surface area contributed by atoms with Gasteiger partial charge < -0.3 is 11.1 Å². The van der Waals surface area contributed by atoms with E-state index in [9.17, 15) is 0 Å². The molecule has 0 saturated heterocycles. The van der Waals surface area contributed by atoms with Crippen LogP contribution in [-0.2, 0) is 13.5 Å². The fourth-order valence-corrected chi connectivity index (χ4v) is 2.93. The highest BCUT2D eigenvalue weighted by atomic mass is 32.1. The van der Waals surface area contributed by atoms with Crippen molar-refractivity contribution >= 4 is 22.4 Å². The Balaban J connectivity index is 1.60. The van der Waals surface area contributed by atoms with Crippen LogP contribution >= 0.6 is 11.5 Å². The van der Waals surface area contributed by atoms with Gasteiger partial charge in [0.2, 0.25) is 0 Å². The van der Waals surface area contributed by atoms with Gasteiger partial charge in [-0.2, -0.15) is 9.47 Å². The van der Waals surface area contributed by atoms with Gasteiger partial charge in [-0.15, -0.1) is 0 Å². The van der Waals surface area contributed by atoms with E-state index in [0.717, 1.165) is 23.7 Å². The number of nitrogen functional groups attached to an aromatic ring is 1. The molecule has 1 aliphatic rings. The second-order valence-electron chi connectivity index (χ2n) is 4.74. The summed E-state index contributed by atoms with van der Waals surface area (Å²) in [6.45, 7) is 0.873. The summed E-state index contributed by atoms with van der Waals surface area (Å²) in [5, 5.41) is 8.94. The van der Waals surface area contributed by atoms with E-state index in [2.05, 4.69) is 14.8 Å². The van der Waals surface area contributed by atoms with E-state index in [4.69, 9.17) is 5.73 Å². The molecule has 1 fully saturated rings. The molecule has 2 aromatic rings. The first kappa shape index (κ1) is 11.5. The summed E-state index contributed by atoms with van der Waals surface area (Å²) in [4.78, 5) is 0. The van der Waals surface area contributed by atoms with Crippen LogP contribution < -0.4 is 11.1 Å². The van der Waals surface area contributed by atoms with E-state index < -0.39 is 0 Å². The van der Waals surface area contributed by atoms with E-state index >= 15 is 0 Å². The number of aryl methyl sites for hydroxylation is 1. The predicted octanol–water partition coefficient (Wildman–Crippen LogP) is 1.99. The molecular weight excluding hydrogens is 246 g/mol. The van der Waals surface area contributed by atoms with Gasteiger partial charge in [0, 0.05) is 31.8 Å². The Hall–Kier alpha value is -1.56. The molecule has 0 spiro atoms. The lowest BCUT2D eigenvalue weighted by molar-refractivity contribution is 0.742. The van der Waals surface area contributed by atoms with Crippen molar-refractivity contribution in [3.8, 4) is 0 Å². The molecule has 6 heteroatoms. The Morgan fingerprint density at radius 1 is 1.56 bits per heavy atom. The summed E-state index contributed by atoms with van der Waals surface area (Å²) in [6, 6.07) is 2.05. The third-order valence-corrected chi connectivity index (χ3v) is 4.01. The van der Waals surface area contributed by atoms with Crippen LogP contribution in [0.1, 0.15) is 30.0 Å². The van der Waals surface area contributed by atoms with Gasteiger partial charge in [0.1, 0.15) is 10.8 Å². The van der Waals surface area contributed by atoms with E-state index in [1.807, 2.05) is 24.0 Å². The number of aromatic nitrogens is 3. The molecule has 3 rings (SSSR count). The van der Waals surface area contributed by atoms with Gasteiger partial charge in [-0.3, -0.25) is 4.68 Å². The molecule has 0 aromatic carbocycles. The van der Waals surface area contributed by atoms with Gasteiger partial charge in [0.15, 0.2) is 0 Å². The summed E-state index contributed by atoms with van der Waals surface area (Å²) in [7, 11) is 1.94. The van der Waals surface area contributed by atoms with Gasteiger partial charge in [-0.25, -0.2) is 0 Å². The average Bonchev–Trinajstić information content (AvgIpc) is 2.99. The van der Waals surface area contributed by atoms with Crippen LogP contribution in [0.4, 0.5) is 10.8 Å². The fourth-order valence-electron chi connectivity index (χ4n) is 2.10. The minimum absolute atomic E-state index is 0.640. The Morgan fingerprint density at radius 3 is 3.06 bits per heavy atom. The van der Waals surface area contributed by atoms with Crippen molar-refractivity contribution in [1.29, 1.82) is 0 Å². The van der Waals surface area contributed by atoms with Crippen molar-refractivity contribution in [2.24, 2.45) is 7.05 Å². The molecule has 3 N–H and O–H groups in total. The Morgan fingerprint density at radius 2 is 2.39 bits per heavy atom. The Kier molecular flexibility index (Phi) is 2.95. The molecular formula is C12H17N5S. The van der Waals surface area contributed by atoms with Crippen molar-refractivity contribution in [3.05, 3.63) is 23.5 Å². The van der Waals surface area contributed by atoms with Crippen LogP contribution in [0.15, 0.2) is 12.3 Å². The van der Waals surface area contributed by atoms with Crippen molar-refractivity contribution in [2.75, 3.05) is 17.6 Å². The first-order valence-electron chi connectivity index (χ1n) is 6.21. The van der Waals surface area contributed by atoms with Crippen LogP contribution in [0.5, 0.6) is 0 Å². The van der Waals surface area contributed by atoms with Gasteiger partial charge in [0.25, 0.3) is 0 Å². The number of hydrogen-bond donors (Lipinski definition) is 2. The third-order valence-electron chi connectivity index (χ3n) is 3.18. The van der Waals surface area contributed by atoms with Gasteiger partial charge in [-0.05, 0) is 36.4 Å². The topological polar surface area (TPSA) is 68.8 Å². The number of anilines is 2. The van der Waals surface area contributed by atoms with Crippen molar-refractivity contribution in [1.82, 2.24) is 14.2 Å². The maximum atomic E-state index is 5.91. The van der Waals surface area contributed by atoms with Crippen LogP contribution in [0.3, 0.4) is 0 Å².